The fourth-order valence-electron chi connectivity index (χ4n) is 3.56. The number of anilines is 1. The molecule has 8 nitrogen and oxygen atoms in total. The van der Waals surface area contributed by atoms with Crippen molar-refractivity contribution in [2.24, 2.45) is 0 Å². The predicted octanol–water partition coefficient (Wildman–Crippen LogP) is 3.10. The molecule has 2 heterocycles. The van der Waals surface area contributed by atoms with Crippen LogP contribution in [-0.4, -0.2) is 51.8 Å². The van der Waals surface area contributed by atoms with Crippen molar-refractivity contribution in [3.8, 4) is 5.69 Å². The topological polar surface area (TPSA) is 84.5 Å². The Labute approximate surface area is 168 Å². The molecule has 0 bridgehead atoms. The van der Waals surface area contributed by atoms with Crippen LogP contribution in [0.1, 0.15) is 26.7 Å². The quantitative estimate of drug-likeness (QED) is 0.561. The average Bonchev–Trinajstić information content (AvgIpc) is 2.69. The number of rotatable bonds is 5. The summed E-state index contributed by atoms with van der Waals surface area (Å²) >= 11 is 6.39. The molecule has 1 saturated heterocycles. The van der Waals surface area contributed by atoms with E-state index in [9.17, 15) is 14.9 Å². The molecule has 0 amide bonds. The van der Waals surface area contributed by atoms with E-state index in [0.717, 1.165) is 30.6 Å². The van der Waals surface area contributed by atoms with Crippen molar-refractivity contribution >= 4 is 23.0 Å². The van der Waals surface area contributed by atoms with Crippen LogP contribution in [0.25, 0.3) is 5.69 Å². The van der Waals surface area contributed by atoms with Crippen molar-refractivity contribution in [3.63, 3.8) is 0 Å². The molecule has 9 heteroatoms. The van der Waals surface area contributed by atoms with Crippen LogP contribution < -0.4 is 10.5 Å². The molecule has 1 aromatic heterocycles. The molecular formula is C19H24ClN5O3. The molecule has 0 unspecified atom stereocenters. The fraction of sp³-hybridized carbons (Fsp3) is 0.474. The third-order valence-electron chi connectivity index (χ3n) is 5.36. The van der Waals surface area contributed by atoms with Gasteiger partial charge in [-0.15, -0.1) is 0 Å². The Morgan fingerprint density at radius 1 is 1.25 bits per heavy atom. The fourth-order valence-corrected chi connectivity index (χ4v) is 3.82. The van der Waals surface area contributed by atoms with Gasteiger partial charge in [0.1, 0.15) is 5.02 Å². The van der Waals surface area contributed by atoms with Crippen LogP contribution in [0.4, 0.5) is 11.4 Å². The van der Waals surface area contributed by atoms with Gasteiger partial charge in [0.25, 0.3) is 11.2 Å². The highest BCUT2D eigenvalue weighted by atomic mass is 35.5. The van der Waals surface area contributed by atoms with E-state index in [4.69, 9.17) is 11.6 Å². The Morgan fingerprint density at radius 2 is 1.86 bits per heavy atom. The number of aromatic nitrogens is 2. The second-order valence-electron chi connectivity index (χ2n) is 7.31. The van der Waals surface area contributed by atoms with Crippen molar-refractivity contribution in [3.05, 3.63) is 56.0 Å². The molecule has 0 atom stereocenters. The number of non-ortho nitro benzene ring substituents is 1. The molecule has 2 aromatic rings. The number of nitro benzene ring substituents is 1. The van der Waals surface area contributed by atoms with Gasteiger partial charge in [0.15, 0.2) is 0 Å². The molecule has 0 aliphatic carbocycles. The number of halogens is 1. The molecule has 0 spiro atoms. The summed E-state index contributed by atoms with van der Waals surface area (Å²) in [5.41, 5.74) is 0.538. The lowest BCUT2D eigenvalue weighted by atomic mass is 10.0. The highest BCUT2D eigenvalue weighted by Gasteiger charge is 2.26. The minimum Gasteiger partial charge on any atom is -0.369 e. The van der Waals surface area contributed by atoms with Gasteiger partial charge in [0.05, 0.1) is 22.5 Å². The van der Waals surface area contributed by atoms with Crippen molar-refractivity contribution in [1.29, 1.82) is 0 Å². The highest BCUT2D eigenvalue weighted by molar-refractivity contribution is 6.33. The maximum Gasteiger partial charge on any atom is 0.292 e. The zero-order valence-corrected chi connectivity index (χ0v) is 17.0. The summed E-state index contributed by atoms with van der Waals surface area (Å²) in [5.74, 6) is 0. The van der Waals surface area contributed by atoms with Crippen LogP contribution in [0.2, 0.25) is 5.02 Å². The molecular weight excluding hydrogens is 382 g/mol. The minimum absolute atomic E-state index is 0.0491. The van der Waals surface area contributed by atoms with Crippen LogP contribution in [0.3, 0.4) is 0 Å². The molecule has 1 aliphatic heterocycles. The van der Waals surface area contributed by atoms with Gasteiger partial charge >= 0.3 is 0 Å². The standard InChI is InChI=1S/C19H24ClN5O3/c1-13(2)23-10-8-14(9-11-23)22(3)17-12-21-24(19(26)18(17)20)15-4-6-16(7-5-15)25(27)28/h4-7,12-14H,8-11H2,1-3H3. The van der Waals surface area contributed by atoms with Gasteiger partial charge in [-0.2, -0.15) is 9.78 Å². The van der Waals surface area contributed by atoms with Crippen molar-refractivity contribution in [1.82, 2.24) is 14.7 Å². The summed E-state index contributed by atoms with van der Waals surface area (Å²) in [6.07, 6.45) is 3.58. The lowest BCUT2D eigenvalue weighted by Gasteiger charge is -2.39. The smallest absolute Gasteiger partial charge is 0.292 e. The Morgan fingerprint density at radius 3 is 2.39 bits per heavy atom. The summed E-state index contributed by atoms with van der Waals surface area (Å²) in [6, 6.07) is 6.45. The second kappa shape index (κ2) is 8.28. The van der Waals surface area contributed by atoms with E-state index in [0.29, 0.717) is 23.5 Å². The second-order valence-corrected chi connectivity index (χ2v) is 7.68. The normalized spacial score (nSPS) is 15.8. The lowest BCUT2D eigenvalue weighted by Crippen LogP contribution is -2.46. The first-order valence-electron chi connectivity index (χ1n) is 9.29. The summed E-state index contributed by atoms with van der Waals surface area (Å²) in [6.45, 7) is 6.42. The summed E-state index contributed by atoms with van der Waals surface area (Å²) in [7, 11) is 1.94. The molecule has 0 N–H and O–H groups in total. The third-order valence-corrected chi connectivity index (χ3v) is 5.72. The van der Waals surface area contributed by atoms with Crippen molar-refractivity contribution in [2.75, 3.05) is 25.0 Å². The van der Waals surface area contributed by atoms with Crippen LogP contribution >= 0.6 is 11.6 Å². The SMILES string of the molecule is CC(C)N1CCC(N(C)c2cnn(-c3ccc([N+](=O)[O-])cc3)c(=O)c2Cl)CC1. The van der Waals surface area contributed by atoms with E-state index in [2.05, 4.69) is 23.8 Å². The number of nitrogens with zero attached hydrogens (tertiary/aromatic N) is 5. The number of likely N-dealkylation sites (tertiary alicyclic amines) is 1. The molecule has 3 rings (SSSR count). The zero-order valence-electron chi connectivity index (χ0n) is 16.2. The van der Waals surface area contributed by atoms with E-state index < -0.39 is 10.5 Å². The highest BCUT2D eigenvalue weighted by Crippen LogP contribution is 2.27. The van der Waals surface area contributed by atoms with Gasteiger partial charge in [0.2, 0.25) is 0 Å². The van der Waals surface area contributed by atoms with Gasteiger partial charge in [-0.3, -0.25) is 14.9 Å². The molecule has 28 heavy (non-hydrogen) atoms. The first kappa shape index (κ1) is 20.3. The van der Waals surface area contributed by atoms with Crippen LogP contribution in [0, 0.1) is 10.1 Å². The number of hydrogen-bond donors (Lipinski definition) is 0. The van der Waals surface area contributed by atoms with Crippen molar-refractivity contribution < 1.29 is 4.92 Å². The average molecular weight is 406 g/mol. The van der Waals surface area contributed by atoms with Crippen molar-refractivity contribution in [2.45, 2.75) is 38.8 Å². The van der Waals surface area contributed by atoms with Crippen LogP contribution in [-0.2, 0) is 0 Å². The minimum atomic E-state index is -0.490. The number of hydrogen-bond acceptors (Lipinski definition) is 6. The van der Waals surface area contributed by atoms with Crippen LogP contribution in [0.5, 0.6) is 0 Å². The van der Waals surface area contributed by atoms with Gasteiger partial charge in [-0.25, -0.2) is 0 Å². The Hall–Kier alpha value is -2.45. The van der Waals surface area contributed by atoms with Gasteiger partial charge in [-0.1, -0.05) is 11.6 Å². The Kier molecular flexibility index (Phi) is 6.00. The summed E-state index contributed by atoms with van der Waals surface area (Å²) < 4.78 is 1.16. The summed E-state index contributed by atoms with van der Waals surface area (Å²) in [4.78, 5) is 27.5. The van der Waals surface area contributed by atoms with E-state index in [1.54, 1.807) is 6.20 Å². The van der Waals surface area contributed by atoms with Gasteiger partial charge < -0.3 is 9.80 Å². The monoisotopic (exact) mass is 405 g/mol. The molecule has 150 valence electrons. The molecule has 1 aliphatic rings. The Balaban J connectivity index is 1.82. The summed E-state index contributed by atoms with van der Waals surface area (Å²) in [5, 5.41) is 15.1. The largest absolute Gasteiger partial charge is 0.369 e. The number of nitro groups is 1. The van der Waals surface area contributed by atoms with Gasteiger partial charge in [-0.05, 0) is 38.8 Å². The molecule has 0 saturated carbocycles. The van der Waals surface area contributed by atoms with E-state index >= 15 is 0 Å². The zero-order chi connectivity index (χ0) is 20.4. The van der Waals surface area contributed by atoms with Gasteiger partial charge in [0, 0.05) is 44.4 Å². The molecule has 0 radical (unpaired) electrons. The Bertz CT molecular complexity index is 905. The van der Waals surface area contributed by atoms with E-state index in [1.165, 1.54) is 24.3 Å². The predicted molar refractivity (Wildman–Crippen MR) is 110 cm³/mol. The maximum absolute atomic E-state index is 12.7. The third kappa shape index (κ3) is 4.02. The lowest BCUT2D eigenvalue weighted by molar-refractivity contribution is -0.384. The first-order valence-corrected chi connectivity index (χ1v) is 9.67. The van der Waals surface area contributed by atoms with E-state index in [1.807, 2.05) is 11.9 Å². The maximum atomic E-state index is 12.7. The first-order chi connectivity index (χ1) is 13.3. The van der Waals surface area contributed by atoms with E-state index in [-0.39, 0.29) is 10.7 Å². The number of benzene rings is 1. The molecule has 1 fully saturated rings. The number of piperidine rings is 1. The van der Waals surface area contributed by atoms with Crippen LogP contribution in [0.15, 0.2) is 35.3 Å². The molecule has 1 aromatic carbocycles.